The first-order valence-corrected chi connectivity index (χ1v) is 20.7. The highest BCUT2D eigenvalue weighted by molar-refractivity contribution is 6.74. The Bertz CT molecular complexity index is 1830. The number of benzene rings is 4. The highest BCUT2D eigenvalue weighted by atomic mass is 28.4. The Kier molecular flexibility index (Phi) is 11.4. The number of fused-ring (bicyclic) bond motifs is 3. The van der Waals surface area contributed by atoms with Gasteiger partial charge in [0.25, 0.3) is 0 Å². The van der Waals surface area contributed by atoms with Gasteiger partial charge in [0.2, 0.25) is 0 Å². The van der Waals surface area contributed by atoms with E-state index in [1.807, 2.05) is 54.6 Å². The van der Waals surface area contributed by atoms with Crippen LogP contribution >= 0.6 is 0 Å². The monoisotopic (exact) mass is 690 g/mol. The predicted octanol–water partition coefficient (Wildman–Crippen LogP) is 9.78. The molecule has 0 aromatic heterocycles. The molecule has 0 saturated carbocycles. The third-order valence-corrected chi connectivity index (χ3v) is 14.7. The maximum atomic E-state index is 11.5. The van der Waals surface area contributed by atoms with Crippen LogP contribution < -0.4 is 9.47 Å². The zero-order chi connectivity index (χ0) is 35.1. The van der Waals surface area contributed by atoms with E-state index in [-0.39, 0.29) is 30.0 Å². The smallest absolute Gasteiger partial charge is 0.192 e. The van der Waals surface area contributed by atoms with Crippen molar-refractivity contribution in [3.8, 4) is 11.5 Å². The topological polar surface area (TPSA) is 63.2 Å². The summed E-state index contributed by atoms with van der Waals surface area (Å²) in [6.45, 7) is 11.5. The first-order chi connectivity index (χ1) is 24.1. The van der Waals surface area contributed by atoms with Crippen LogP contribution in [0.25, 0.3) is 21.5 Å². The SMILES string of the molecule is CC(C)(C)[Si](C)(C)O[C@@H]1C/C=C\[C@@H]2O[C@H](COc3cccc4ccccc34)[C@@H](Oc3cccc4ccccc34)C/C=C\C[C@H]2O[C@H]1/C=C\C=O. The van der Waals surface area contributed by atoms with Gasteiger partial charge in [0, 0.05) is 17.2 Å². The van der Waals surface area contributed by atoms with Crippen molar-refractivity contribution in [3.63, 3.8) is 0 Å². The number of carbonyl (C=O) groups is 1. The van der Waals surface area contributed by atoms with E-state index >= 15 is 0 Å². The second kappa shape index (κ2) is 15.9. The Morgan fingerprint density at radius 1 is 0.760 bits per heavy atom. The van der Waals surface area contributed by atoms with Gasteiger partial charge in [-0.15, -0.1) is 0 Å². The molecule has 0 fully saturated rings. The van der Waals surface area contributed by atoms with Crippen LogP contribution in [0.15, 0.2) is 121 Å². The van der Waals surface area contributed by atoms with Gasteiger partial charge in [-0.1, -0.05) is 124 Å². The number of rotatable bonds is 9. The Labute approximate surface area is 297 Å². The van der Waals surface area contributed by atoms with Crippen molar-refractivity contribution >= 4 is 36.1 Å². The average molecular weight is 691 g/mol. The van der Waals surface area contributed by atoms with Crippen LogP contribution in [0.1, 0.15) is 40.0 Å². The molecule has 0 saturated heterocycles. The largest absolute Gasteiger partial charge is 0.490 e. The van der Waals surface area contributed by atoms with Crippen molar-refractivity contribution in [2.24, 2.45) is 0 Å². The van der Waals surface area contributed by atoms with Gasteiger partial charge in [-0.25, -0.2) is 0 Å². The van der Waals surface area contributed by atoms with E-state index in [0.717, 1.165) is 39.3 Å². The predicted molar refractivity (Wildman–Crippen MR) is 205 cm³/mol. The number of hydrogen-bond donors (Lipinski definition) is 0. The average Bonchev–Trinajstić information content (AvgIpc) is 3.17. The van der Waals surface area contributed by atoms with Crippen LogP contribution in [-0.4, -0.2) is 57.8 Å². The van der Waals surface area contributed by atoms with Gasteiger partial charge in [0.1, 0.15) is 48.8 Å². The molecule has 6 atom stereocenters. The fraction of sp³-hybridized carbons (Fsp3) is 0.372. The molecule has 0 spiro atoms. The third kappa shape index (κ3) is 8.47. The summed E-state index contributed by atoms with van der Waals surface area (Å²) in [4.78, 5) is 11.5. The number of ether oxygens (including phenoxy) is 4. The van der Waals surface area contributed by atoms with Crippen molar-refractivity contribution in [1.82, 2.24) is 0 Å². The first kappa shape index (κ1) is 35.8. The van der Waals surface area contributed by atoms with E-state index in [0.29, 0.717) is 19.3 Å². The third-order valence-electron chi connectivity index (χ3n) is 10.2. The minimum absolute atomic E-state index is 0.0287. The minimum atomic E-state index is -2.14. The van der Waals surface area contributed by atoms with Crippen LogP contribution in [0.4, 0.5) is 0 Å². The molecule has 0 aliphatic carbocycles. The molecule has 7 heteroatoms. The lowest BCUT2D eigenvalue weighted by Crippen LogP contribution is -2.49. The number of hydrogen-bond acceptors (Lipinski definition) is 6. The lowest BCUT2D eigenvalue weighted by molar-refractivity contribution is -0.139. The van der Waals surface area contributed by atoms with Gasteiger partial charge in [0.15, 0.2) is 8.32 Å². The van der Waals surface area contributed by atoms with Gasteiger partial charge >= 0.3 is 0 Å². The summed E-state index contributed by atoms with van der Waals surface area (Å²) in [6, 6.07) is 28.8. The Balaban J connectivity index is 1.33. The Hall–Kier alpha value is -4.01. The van der Waals surface area contributed by atoms with Gasteiger partial charge < -0.3 is 23.4 Å². The highest BCUT2D eigenvalue weighted by Gasteiger charge is 2.42. The normalized spacial score (nSPS) is 26.2. The molecule has 0 N–H and O–H groups in total. The van der Waals surface area contributed by atoms with Crippen molar-refractivity contribution in [2.75, 3.05) is 6.61 Å². The van der Waals surface area contributed by atoms with Crippen LogP contribution in [0.2, 0.25) is 18.1 Å². The molecule has 0 unspecified atom stereocenters. The summed E-state index contributed by atoms with van der Waals surface area (Å²) in [6.07, 6.45) is 12.5. The molecule has 2 heterocycles. The Morgan fingerprint density at radius 2 is 1.38 bits per heavy atom. The fourth-order valence-electron chi connectivity index (χ4n) is 6.42. The summed E-state index contributed by atoms with van der Waals surface area (Å²) >= 11 is 0. The van der Waals surface area contributed by atoms with E-state index < -0.39 is 26.6 Å². The molecule has 4 aromatic carbocycles. The second-order valence-electron chi connectivity index (χ2n) is 14.7. The van der Waals surface area contributed by atoms with Gasteiger partial charge in [0.05, 0.1) is 12.2 Å². The van der Waals surface area contributed by atoms with E-state index in [1.165, 1.54) is 6.08 Å². The van der Waals surface area contributed by atoms with Crippen LogP contribution in [-0.2, 0) is 18.7 Å². The molecule has 262 valence electrons. The summed E-state index contributed by atoms with van der Waals surface area (Å²) in [5, 5.41) is 4.37. The summed E-state index contributed by atoms with van der Waals surface area (Å²) in [5.74, 6) is 1.61. The first-order valence-electron chi connectivity index (χ1n) is 17.8. The lowest BCUT2D eigenvalue weighted by atomic mass is 10.0. The molecule has 0 bridgehead atoms. The molecule has 0 amide bonds. The molecule has 4 aromatic rings. The van der Waals surface area contributed by atoms with E-state index in [4.69, 9.17) is 23.4 Å². The summed E-state index contributed by atoms with van der Waals surface area (Å²) in [5.41, 5.74) is 0. The van der Waals surface area contributed by atoms with Crippen LogP contribution in [0.3, 0.4) is 0 Å². The second-order valence-corrected chi connectivity index (χ2v) is 19.5. The fourth-order valence-corrected chi connectivity index (χ4v) is 7.76. The van der Waals surface area contributed by atoms with Gasteiger partial charge in [-0.05, 0) is 60.0 Å². The van der Waals surface area contributed by atoms with Crippen molar-refractivity contribution in [1.29, 1.82) is 0 Å². The molecule has 50 heavy (non-hydrogen) atoms. The number of allylic oxidation sites excluding steroid dienone is 1. The summed E-state index contributed by atoms with van der Waals surface area (Å²) < 4.78 is 34.3. The standard InChI is InChI=1S/C43H50O6Si/c1-43(2,3)50(4,5)49-41-27-14-26-38-37(47-39(41)28-15-29-44)22-10-11-23-40(46-36-25-13-19-32-17-7-9-21-34(32)36)42(48-38)30-45-35-24-12-18-31-16-6-8-20-33(31)35/h6-21,24-26,28-29,37-42H,22-23,27,30H2,1-5H3/b11-10-,26-14-,28-15-/t37-,38+,39+,40+,41-,42-/m1/s1. The Morgan fingerprint density at radius 3 is 2.08 bits per heavy atom. The molecule has 6 nitrogen and oxygen atoms in total. The van der Waals surface area contributed by atoms with E-state index in [9.17, 15) is 4.79 Å². The molecule has 2 aliphatic heterocycles. The maximum Gasteiger partial charge on any atom is 0.192 e. The zero-order valence-corrected chi connectivity index (χ0v) is 30.9. The van der Waals surface area contributed by atoms with Crippen molar-refractivity contribution < 1.29 is 28.2 Å². The van der Waals surface area contributed by atoms with Gasteiger partial charge in [-0.3, -0.25) is 4.79 Å². The quantitative estimate of drug-likeness (QED) is 0.0754. The lowest BCUT2D eigenvalue weighted by Gasteiger charge is -2.42. The van der Waals surface area contributed by atoms with Crippen LogP contribution in [0.5, 0.6) is 11.5 Å². The van der Waals surface area contributed by atoms with E-state index in [1.54, 1.807) is 0 Å². The maximum absolute atomic E-state index is 11.5. The molecule has 0 radical (unpaired) electrons. The van der Waals surface area contributed by atoms with Crippen molar-refractivity contribution in [3.05, 3.63) is 121 Å². The summed E-state index contributed by atoms with van der Waals surface area (Å²) in [7, 11) is -2.14. The molecular formula is C43H50O6Si. The van der Waals surface area contributed by atoms with Gasteiger partial charge in [-0.2, -0.15) is 0 Å². The van der Waals surface area contributed by atoms with Crippen molar-refractivity contribution in [2.45, 2.75) is 94.8 Å². The molecular weight excluding hydrogens is 641 g/mol. The zero-order valence-electron chi connectivity index (χ0n) is 29.9. The number of carbonyl (C=O) groups excluding carboxylic acids is 1. The van der Waals surface area contributed by atoms with E-state index in [2.05, 4.69) is 94.6 Å². The highest BCUT2D eigenvalue weighted by Crippen LogP contribution is 2.39. The minimum Gasteiger partial charge on any atom is -0.490 e. The van der Waals surface area contributed by atoms with Crippen LogP contribution in [0, 0.1) is 0 Å². The molecule has 2 aliphatic rings. The number of aldehydes is 1. The molecule has 6 rings (SSSR count).